The van der Waals surface area contributed by atoms with Gasteiger partial charge in [0.1, 0.15) is 10.9 Å². The molecule has 7 heteroatoms. The number of hydrogen-bond acceptors (Lipinski definition) is 5. The van der Waals surface area contributed by atoms with Crippen LogP contribution in [0.4, 0.5) is 5.13 Å². The van der Waals surface area contributed by atoms with E-state index in [1.54, 1.807) is 22.2 Å². The number of anilines is 1. The number of nitrogens with zero attached hydrogens (tertiary/aromatic N) is 3. The molecule has 1 aromatic heterocycles. The van der Waals surface area contributed by atoms with Gasteiger partial charge < -0.3 is 0 Å². The molecule has 2 heterocycles. The van der Waals surface area contributed by atoms with Gasteiger partial charge in [0.05, 0.1) is 5.75 Å². The Hall–Kier alpha value is -0.920. The van der Waals surface area contributed by atoms with Gasteiger partial charge in [-0.3, -0.25) is 9.69 Å². The van der Waals surface area contributed by atoms with E-state index in [-0.39, 0.29) is 11.3 Å². The van der Waals surface area contributed by atoms with Crippen LogP contribution in [0.1, 0.15) is 10.9 Å². The van der Waals surface area contributed by atoms with Crippen LogP contribution in [0.25, 0.3) is 0 Å². The van der Waals surface area contributed by atoms with Crippen LogP contribution < -0.4 is 4.90 Å². The largest absolute Gasteiger partial charge is 0.273 e. The van der Waals surface area contributed by atoms with Crippen LogP contribution in [0.15, 0.2) is 34.2 Å². The minimum Gasteiger partial charge on any atom is -0.273 e. The Balaban J connectivity index is 2.02. The van der Waals surface area contributed by atoms with Crippen LogP contribution in [0.2, 0.25) is 0 Å². The summed E-state index contributed by atoms with van der Waals surface area (Å²) in [6.45, 7) is 0. The third-order valence-corrected chi connectivity index (χ3v) is 5.20. The van der Waals surface area contributed by atoms with Crippen LogP contribution in [-0.4, -0.2) is 21.9 Å². The maximum absolute atomic E-state index is 12.0. The Morgan fingerprint density at radius 2 is 2.22 bits per heavy atom. The molecule has 0 bridgehead atoms. The summed E-state index contributed by atoms with van der Waals surface area (Å²) < 4.78 is 1.01. The van der Waals surface area contributed by atoms with E-state index in [0.717, 1.165) is 10.0 Å². The summed E-state index contributed by atoms with van der Waals surface area (Å²) >= 11 is 6.52. The summed E-state index contributed by atoms with van der Waals surface area (Å²) in [7, 11) is 0. The smallest absolute Gasteiger partial charge is 0.240 e. The molecule has 0 spiro atoms. The summed E-state index contributed by atoms with van der Waals surface area (Å²) in [6, 6.07) is 7.94. The zero-order valence-electron chi connectivity index (χ0n) is 9.12. The maximum atomic E-state index is 12.0. The highest BCUT2D eigenvalue weighted by Crippen LogP contribution is 2.44. The molecule has 1 aromatic carbocycles. The molecular formula is C11H8BrN3OS2. The first-order chi connectivity index (χ1) is 8.77. The third-order valence-electron chi connectivity index (χ3n) is 2.59. The van der Waals surface area contributed by atoms with Gasteiger partial charge in [-0.05, 0) is 11.6 Å². The van der Waals surface area contributed by atoms with E-state index in [4.69, 9.17) is 0 Å². The number of carbonyl (C=O) groups is 1. The first kappa shape index (κ1) is 12.1. The Morgan fingerprint density at radius 3 is 2.94 bits per heavy atom. The number of aromatic nitrogens is 2. The second-order valence-corrected chi connectivity index (χ2v) is 6.40. The highest BCUT2D eigenvalue weighted by molar-refractivity contribution is 9.10. The van der Waals surface area contributed by atoms with E-state index in [1.807, 2.05) is 24.3 Å². The molecular weight excluding hydrogens is 334 g/mol. The maximum Gasteiger partial charge on any atom is 0.240 e. The van der Waals surface area contributed by atoms with E-state index < -0.39 is 0 Å². The minimum absolute atomic E-state index is 0.0268. The fraction of sp³-hybridized carbons (Fsp3) is 0.182. The Bertz CT molecular complexity index is 575. The SMILES string of the molecule is O=C1CS[C@H](c2ccccc2Br)N1c1nncs1. The first-order valence-corrected chi connectivity index (χ1v) is 7.94. The Morgan fingerprint density at radius 1 is 1.39 bits per heavy atom. The number of carbonyl (C=O) groups excluding carboxylic acids is 1. The number of amides is 1. The minimum atomic E-state index is -0.0268. The van der Waals surface area contributed by atoms with Gasteiger partial charge in [0.2, 0.25) is 11.0 Å². The molecule has 0 saturated carbocycles. The predicted molar refractivity (Wildman–Crippen MR) is 76.7 cm³/mol. The highest BCUT2D eigenvalue weighted by atomic mass is 79.9. The van der Waals surface area contributed by atoms with Crippen molar-refractivity contribution in [2.75, 3.05) is 10.7 Å². The van der Waals surface area contributed by atoms with Crippen molar-refractivity contribution in [2.45, 2.75) is 5.37 Å². The molecule has 0 unspecified atom stereocenters. The molecule has 1 saturated heterocycles. The van der Waals surface area contributed by atoms with Crippen LogP contribution in [0.3, 0.4) is 0 Å². The normalized spacial score (nSPS) is 19.5. The van der Waals surface area contributed by atoms with Crippen molar-refractivity contribution in [3.05, 3.63) is 39.8 Å². The van der Waals surface area contributed by atoms with Crippen LogP contribution in [0, 0.1) is 0 Å². The fourth-order valence-corrected chi connectivity index (χ4v) is 4.32. The van der Waals surface area contributed by atoms with Crippen molar-refractivity contribution in [1.82, 2.24) is 10.2 Å². The van der Waals surface area contributed by atoms with Gasteiger partial charge in [-0.15, -0.1) is 22.0 Å². The standard InChI is InChI=1S/C11H8BrN3OS2/c12-8-4-2-1-3-7(8)10-15(9(16)5-17-10)11-14-13-6-18-11/h1-4,6,10H,5H2/t10-/m1/s1. The topological polar surface area (TPSA) is 46.1 Å². The summed E-state index contributed by atoms with van der Waals surface area (Å²) in [5.41, 5.74) is 2.73. The van der Waals surface area contributed by atoms with Gasteiger partial charge in [0.15, 0.2) is 0 Å². The molecule has 1 fully saturated rings. The molecule has 18 heavy (non-hydrogen) atoms. The number of benzene rings is 1. The fourth-order valence-electron chi connectivity index (χ4n) is 1.81. The third kappa shape index (κ3) is 2.06. The van der Waals surface area contributed by atoms with Crippen LogP contribution in [-0.2, 0) is 4.79 Å². The lowest BCUT2D eigenvalue weighted by molar-refractivity contribution is -0.115. The molecule has 1 aliphatic heterocycles. The zero-order chi connectivity index (χ0) is 12.5. The molecule has 1 aliphatic rings. The second kappa shape index (κ2) is 4.99. The van der Waals surface area contributed by atoms with Crippen molar-refractivity contribution < 1.29 is 4.79 Å². The van der Waals surface area contributed by atoms with Crippen molar-refractivity contribution in [3.63, 3.8) is 0 Å². The molecule has 4 nitrogen and oxygen atoms in total. The van der Waals surface area contributed by atoms with Gasteiger partial charge in [0.25, 0.3) is 0 Å². The number of hydrogen-bond donors (Lipinski definition) is 0. The monoisotopic (exact) mass is 341 g/mol. The van der Waals surface area contributed by atoms with Gasteiger partial charge in [-0.2, -0.15) is 0 Å². The first-order valence-electron chi connectivity index (χ1n) is 5.21. The van der Waals surface area contributed by atoms with Crippen LogP contribution in [0.5, 0.6) is 0 Å². The quantitative estimate of drug-likeness (QED) is 0.842. The lowest BCUT2D eigenvalue weighted by atomic mass is 10.2. The van der Waals surface area contributed by atoms with Crippen molar-refractivity contribution in [1.29, 1.82) is 0 Å². The number of thioether (sulfide) groups is 1. The lowest BCUT2D eigenvalue weighted by Crippen LogP contribution is -2.27. The zero-order valence-corrected chi connectivity index (χ0v) is 12.3. The highest BCUT2D eigenvalue weighted by Gasteiger charge is 2.36. The van der Waals surface area contributed by atoms with Crippen LogP contribution >= 0.6 is 39.0 Å². The van der Waals surface area contributed by atoms with Crippen molar-refractivity contribution in [2.24, 2.45) is 0 Å². The molecule has 0 N–H and O–H groups in total. The van der Waals surface area contributed by atoms with E-state index in [2.05, 4.69) is 26.1 Å². The average molecular weight is 342 g/mol. The summed E-state index contributed by atoms with van der Waals surface area (Å²) in [6.07, 6.45) is 0. The molecule has 1 amide bonds. The van der Waals surface area contributed by atoms with E-state index >= 15 is 0 Å². The van der Waals surface area contributed by atoms with E-state index in [9.17, 15) is 4.79 Å². The lowest BCUT2D eigenvalue weighted by Gasteiger charge is -2.21. The average Bonchev–Trinajstić information content (AvgIpc) is 2.98. The van der Waals surface area contributed by atoms with Gasteiger partial charge >= 0.3 is 0 Å². The Labute approximate surface area is 121 Å². The van der Waals surface area contributed by atoms with E-state index in [0.29, 0.717) is 10.9 Å². The molecule has 1 atom stereocenters. The van der Waals surface area contributed by atoms with Crippen molar-refractivity contribution >= 4 is 50.1 Å². The Kier molecular flexibility index (Phi) is 3.36. The number of rotatable bonds is 2. The molecule has 2 aromatic rings. The predicted octanol–water partition coefficient (Wildman–Crippen LogP) is 3.08. The molecule has 0 aliphatic carbocycles. The van der Waals surface area contributed by atoms with Gasteiger partial charge in [-0.1, -0.05) is 45.5 Å². The molecule has 3 rings (SSSR count). The molecule has 92 valence electrons. The van der Waals surface area contributed by atoms with Gasteiger partial charge in [-0.25, -0.2) is 0 Å². The second-order valence-electron chi connectivity index (χ2n) is 3.67. The van der Waals surface area contributed by atoms with E-state index in [1.165, 1.54) is 11.3 Å². The summed E-state index contributed by atoms with van der Waals surface area (Å²) in [4.78, 5) is 13.7. The summed E-state index contributed by atoms with van der Waals surface area (Å²) in [5, 5.41) is 8.44. The number of halogens is 1. The van der Waals surface area contributed by atoms with Gasteiger partial charge in [0, 0.05) is 4.47 Å². The summed E-state index contributed by atoms with van der Waals surface area (Å²) in [5.74, 6) is 0.559. The van der Waals surface area contributed by atoms with Crippen molar-refractivity contribution in [3.8, 4) is 0 Å². The molecule has 0 radical (unpaired) electrons.